The van der Waals surface area contributed by atoms with Crippen LogP contribution in [0, 0.1) is 0 Å². The van der Waals surface area contributed by atoms with E-state index in [1.165, 1.54) is 28.6 Å². The number of benzene rings is 1. The van der Waals surface area contributed by atoms with Gasteiger partial charge < -0.3 is 4.42 Å². The highest BCUT2D eigenvalue weighted by atomic mass is 32.2. The zero-order valence-electron chi connectivity index (χ0n) is 17.0. The predicted octanol–water partition coefficient (Wildman–Crippen LogP) is 4.83. The van der Waals surface area contributed by atoms with Crippen molar-refractivity contribution in [3.8, 4) is 0 Å². The van der Waals surface area contributed by atoms with Gasteiger partial charge in [0, 0.05) is 29.1 Å². The first kappa shape index (κ1) is 19.6. The van der Waals surface area contributed by atoms with Crippen LogP contribution in [-0.2, 0) is 32.1 Å². The quantitative estimate of drug-likeness (QED) is 0.259. The van der Waals surface area contributed by atoms with E-state index in [2.05, 4.69) is 13.0 Å². The van der Waals surface area contributed by atoms with Crippen LogP contribution in [0.25, 0.3) is 21.2 Å². The van der Waals surface area contributed by atoms with Crippen LogP contribution in [0.3, 0.4) is 0 Å². The van der Waals surface area contributed by atoms with E-state index in [9.17, 15) is 9.59 Å². The Morgan fingerprint density at radius 2 is 2.03 bits per heavy atom. The van der Waals surface area contributed by atoms with Crippen molar-refractivity contribution >= 4 is 44.3 Å². The maximum atomic E-state index is 13.1. The average Bonchev–Trinajstić information content (AvgIpc) is 3.12. The van der Waals surface area contributed by atoms with Gasteiger partial charge in [0.15, 0.2) is 5.16 Å². The van der Waals surface area contributed by atoms with Crippen LogP contribution < -0.4 is 11.2 Å². The first-order valence-corrected chi connectivity index (χ1v) is 12.0. The fraction of sp³-hybridized carbons (Fsp3) is 0.348. The number of thiophene rings is 1. The number of aryl methyl sites for hydroxylation is 3. The van der Waals surface area contributed by atoms with Crippen LogP contribution in [0.2, 0.25) is 0 Å². The molecule has 0 aliphatic heterocycles. The second kappa shape index (κ2) is 7.71. The summed E-state index contributed by atoms with van der Waals surface area (Å²) in [5.74, 6) is 0.546. The Kier molecular flexibility index (Phi) is 5.03. The summed E-state index contributed by atoms with van der Waals surface area (Å²) >= 11 is 3.15. The van der Waals surface area contributed by atoms with Gasteiger partial charge in [0.05, 0.1) is 5.39 Å². The zero-order chi connectivity index (χ0) is 20.8. The maximum absolute atomic E-state index is 13.1. The minimum absolute atomic E-state index is 0.0342. The first-order chi connectivity index (χ1) is 14.5. The summed E-state index contributed by atoms with van der Waals surface area (Å²) < 4.78 is 7.06. The van der Waals surface area contributed by atoms with Crippen molar-refractivity contribution in [1.82, 2.24) is 9.55 Å². The van der Waals surface area contributed by atoms with E-state index in [-0.39, 0.29) is 11.2 Å². The van der Waals surface area contributed by atoms with E-state index in [1.807, 2.05) is 12.1 Å². The van der Waals surface area contributed by atoms with Gasteiger partial charge in [-0.15, -0.1) is 11.3 Å². The molecule has 0 saturated heterocycles. The Morgan fingerprint density at radius 3 is 2.87 bits per heavy atom. The Bertz CT molecular complexity index is 1400. The lowest BCUT2D eigenvalue weighted by Gasteiger charge is -2.11. The summed E-state index contributed by atoms with van der Waals surface area (Å²) in [5.41, 5.74) is 3.53. The molecule has 0 bridgehead atoms. The third-order valence-corrected chi connectivity index (χ3v) is 8.08. The largest absolute Gasteiger partial charge is 0.423 e. The molecule has 0 unspecified atom stereocenters. The number of fused-ring (bicyclic) bond motifs is 4. The monoisotopic (exact) mass is 438 g/mol. The van der Waals surface area contributed by atoms with E-state index >= 15 is 0 Å². The summed E-state index contributed by atoms with van der Waals surface area (Å²) in [6.07, 6.45) is 5.24. The number of thioether (sulfide) groups is 1. The van der Waals surface area contributed by atoms with Gasteiger partial charge in [-0.1, -0.05) is 30.8 Å². The third-order valence-electron chi connectivity index (χ3n) is 5.81. The normalized spacial score (nSPS) is 13.8. The van der Waals surface area contributed by atoms with Gasteiger partial charge in [-0.2, -0.15) is 0 Å². The average molecular weight is 439 g/mol. The van der Waals surface area contributed by atoms with Crippen LogP contribution in [0.1, 0.15) is 41.3 Å². The number of aromatic nitrogens is 2. The molecule has 0 N–H and O–H groups in total. The molecule has 3 aromatic heterocycles. The molecule has 4 aromatic rings. The van der Waals surface area contributed by atoms with Crippen molar-refractivity contribution in [3.05, 3.63) is 66.6 Å². The van der Waals surface area contributed by atoms with E-state index in [1.54, 1.807) is 29.0 Å². The zero-order valence-corrected chi connectivity index (χ0v) is 18.6. The fourth-order valence-corrected chi connectivity index (χ4v) is 6.42. The number of rotatable bonds is 4. The molecule has 1 aromatic carbocycles. The molecule has 0 radical (unpaired) electrons. The van der Waals surface area contributed by atoms with Crippen LogP contribution in [0.5, 0.6) is 0 Å². The summed E-state index contributed by atoms with van der Waals surface area (Å²) in [5, 5.41) is 2.41. The molecule has 7 heteroatoms. The van der Waals surface area contributed by atoms with Crippen LogP contribution in [-0.4, -0.2) is 9.55 Å². The number of hydrogen-bond acceptors (Lipinski definition) is 6. The Hall–Kier alpha value is -2.38. The highest BCUT2D eigenvalue weighted by Gasteiger charge is 2.21. The molecule has 5 rings (SSSR count). The van der Waals surface area contributed by atoms with Gasteiger partial charge in [0.25, 0.3) is 5.56 Å². The van der Waals surface area contributed by atoms with Crippen molar-refractivity contribution in [2.45, 2.75) is 49.9 Å². The molecule has 0 saturated carbocycles. The van der Waals surface area contributed by atoms with Crippen molar-refractivity contribution in [2.24, 2.45) is 7.05 Å². The van der Waals surface area contributed by atoms with Crippen LogP contribution in [0.15, 0.2) is 43.4 Å². The molecule has 154 valence electrons. The summed E-state index contributed by atoms with van der Waals surface area (Å²) in [6.45, 7) is 2.07. The number of nitrogens with zero attached hydrogens (tertiary/aromatic N) is 2. The smallest absolute Gasteiger partial charge is 0.336 e. The molecule has 1 aliphatic rings. The van der Waals surface area contributed by atoms with Gasteiger partial charge >= 0.3 is 5.63 Å². The Labute approximate surface area is 181 Å². The van der Waals surface area contributed by atoms with E-state index in [4.69, 9.17) is 9.40 Å². The van der Waals surface area contributed by atoms with Gasteiger partial charge in [0.2, 0.25) is 0 Å². The predicted molar refractivity (Wildman–Crippen MR) is 123 cm³/mol. The van der Waals surface area contributed by atoms with Gasteiger partial charge in [-0.05, 0) is 54.9 Å². The van der Waals surface area contributed by atoms with Gasteiger partial charge in [-0.3, -0.25) is 9.36 Å². The lowest BCUT2D eigenvalue weighted by atomic mass is 9.97. The topological polar surface area (TPSA) is 65.1 Å². The highest BCUT2D eigenvalue weighted by Crippen LogP contribution is 2.35. The molecular formula is C23H22N2O3S2. The summed E-state index contributed by atoms with van der Waals surface area (Å²) in [6, 6.07) is 7.55. The minimum atomic E-state index is -0.352. The maximum Gasteiger partial charge on any atom is 0.336 e. The molecule has 0 spiro atoms. The second-order valence-electron chi connectivity index (χ2n) is 7.71. The summed E-state index contributed by atoms with van der Waals surface area (Å²) in [7, 11) is 1.79. The van der Waals surface area contributed by atoms with Crippen molar-refractivity contribution < 1.29 is 4.42 Å². The molecule has 1 aliphatic carbocycles. The van der Waals surface area contributed by atoms with Crippen molar-refractivity contribution in [2.75, 3.05) is 0 Å². The molecule has 0 fully saturated rings. The third kappa shape index (κ3) is 3.30. The van der Waals surface area contributed by atoms with Crippen molar-refractivity contribution in [3.63, 3.8) is 0 Å². The molecular weight excluding hydrogens is 416 g/mol. The fourth-order valence-electron chi connectivity index (χ4n) is 4.15. The Morgan fingerprint density at radius 1 is 1.20 bits per heavy atom. The van der Waals surface area contributed by atoms with Crippen LogP contribution >= 0.6 is 23.1 Å². The standard InChI is InChI=1S/C23H22N2O3S2/c1-3-13-8-9-15-14(11-19(26)28-17(15)10-13)12-29-23-24-21-20(22(27)25(23)2)16-6-4-5-7-18(16)30-21/h8-11H,3-7,12H2,1-2H3. The lowest BCUT2D eigenvalue weighted by Crippen LogP contribution is -2.20. The lowest BCUT2D eigenvalue weighted by molar-refractivity contribution is 0.559. The van der Waals surface area contributed by atoms with Gasteiger partial charge in [0.1, 0.15) is 10.4 Å². The second-order valence-corrected chi connectivity index (χ2v) is 9.74. The Balaban J connectivity index is 1.53. The van der Waals surface area contributed by atoms with Crippen molar-refractivity contribution in [1.29, 1.82) is 0 Å². The molecule has 0 amide bonds. The SMILES string of the molecule is CCc1ccc2c(CSc3nc4sc5c(c4c(=O)n3C)CCCC5)cc(=O)oc2c1. The van der Waals surface area contributed by atoms with Crippen LogP contribution in [0.4, 0.5) is 0 Å². The molecule has 0 atom stereocenters. The first-order valence-electron chi connectivity index (χ1n) is 10.2. The van der Waals surface area contributed by atoms with E-state index in [0.717, 1.165) is 52.4 Å². The summed E-state index contributed by atoms with van der Waals surface area (Å²) in [4.78, 5) is 32.2. The minimum Gasteiger partial charge on any atom is -0.423 e. The molecule has 30 heavy (non-hydrogen) atoms. The number of hydrogen-bond donors (Lipinski definition) is 0. The molecule has 3 heterocycles. The van der Waals surface area contributed by atoms with E-state index in [0.29, 0.717) is 16.5 Å². The van der Waals surface area contributed by atoms with E-state index < -0.39 is 0 Å². The molecule has 5 nitrogen and oxygen atoms in total. The highest BCUT2D eigenvalue weighted by molar-refractivity contribution is 7.98. The van der Waals surface area contributed by atoms with Gasteiger partial charge in [-0.25, -0.2) is 9.78 Å².